The Morgan fingerprint density at radius 3 is 2.31 bits per heavy atom. The van der Waals surface area contributed by atoms with E-state index in [0.717, 1.165) is 0 Å². The highest BCUT2D eigenvalue weighted by molar-refractivity contribution is 7.92. The maximum atomic E-state index is 13.2. The molecule has 0 saturated heterocycles. The number of benzene rings is 2. The second kappa shape index (κ2) is 7.35. The average Bonchev–Trinajstić information content (AvgIpc) is 3.14. The summed E-state index contributed by atoms with van der Waals surface area (Å²) in [6.07, 6.45) is 1.48. The number of furan rings is 1. The number of carbonyl (C=O) groups excluding carboxylic acids is 1. The molecule has 0 N–H and O–H groups in total. The summed E-state index contributed by atoms with van der Waals surface area (Å²) in [6.45, 7) is 1.42. The Morgan fingerprint density at radius 2 is 1.73 bits per heavy atom. The normalized spacial score (nSPS) is 11.3. The van der Waals surface area contributed by atoms with E-state index in [1.54, 1.807) is 36.4 Å². The van der Waals surface area contributed by atoms with Crippen LogP contribution in [0, 0.1) is 0 Å². The number of anilines is 1. The van der Waals surface area contributed by atoms with Gasteiger partial charge in [0.15, 0.2) is 5.78 Å². The molecular formula is C19H16ClNO4S. The molecule has 0 aliphatic carbocycles. The van der Waals surface area contributed by atoms with Gasteiger partial charge in [-0.05, 0) is 43.3 Å². The molecule has 0 aliphatic rings. The monoisotopic (exact) mass is 389 g/mol. The Kier molecular flexibility index (Phi) is 5.15. The van der Waals surface area contributed by atoms with E-state index in [-0.39, 0.29) is 17.2 Å². The fourth-order valence-corrected chi connectivity index (χ4v) is 4.22. The minimum atomic E-state index is -3.92. The van der Waals surface area contributed by atoms with Crippen LogP contribution >= 0.6 is 11.6 Å². The largest absolute Gasteiger partial charge is 0.467 e. The summed E-state index contributed by atoms with van der Waals surface area (Å²) in [6, 6.07) is 15.9. The number of Topliss-reactive ketones (excluding diaryl/α,β-unsaturated/α-hetero) is 1. The first-order valence-electron chi connectivity index (χ1n) is 7.80. The van der Waals surface area contributed by atoms with Crippen LogP contribution in [0.15, 0.2) is 76.2 Å². The van der Waals surface area contributed by atoms with Crippen molar-refractivity contribution in [3.8, 4) is 0 Å². The average molecular weight is 390 g/mol. The van der Waals surface area contributed by atoms with Crippen LogP contribution in [-0.2, 0) is 16.6 Å². The zero-order valence-corrected chi connectivity index (χ0v) is 15.5. The van der Waals surface area contributed by atoms with Crippen molar-refractivity contribution in [3.63, 3.8) is 0 Å². The number of hydrogen-bond acceptors (Lipinski definition) is 4. The Morgan fingerprint density at radius 1 is 1.04 bits per heavy atom. The van der Waals surface area contributed by atoms with Crippen molar-refractivity contribution in [1.29, 1.82) is 0 Å². The van der Waals surface area contributed by atoms with Crippen LogP contribution < -0.4 is 4.31 Å². The van der Waals surface area contributed by atoms with Crippen molar-refractivity contribution >= 4 is 33.1 Å². The van der Waals surface area contributed by atoms with Crippen LogP contribution in [-0.4, -0.2) is 14.2 Å². The van der Waals surface area contributed by atoms with Gasteiger partial charge in [0.1, 0.15) is 5.76 Å². The van der Waals surface area contributed by atoms with Crippen LogP contribution in [0.3, 0.4) is 0 Å². The fourth-order valence-electron chi connectivity index (χ4n) is 2.49. The maximum Gasteiger partial charge on any atom is 0.264 e. The quantitative estimate of drug-likeness (QED) is 0.581. The molecule has 3 rings (SSSR count). The molecule has 134 valence electrons. The molecule has 0 fully saturated rings. The molecule has 26 heavy (non-hydrogen) atoms. The third-order valence-corrected chi connectivity index (χ3v) is 5.94. The van der Waals surface area contributed by atoms with Crippen molar-refractivity contribution in [1.82, 2.24) is 0 Å². The first-order valence-corrected chi connectivity index (χ1v) is 9.62. The number of para-hydroxylation sites is 1. The van der Waals surface area contributed by atoms with Gasteiger partial charge in [0.25, 0.3) is 10.0 Å². The highest BCUT2D eigenvalue weighted by Gasteiger charge is 2.27. The smallest absolute Gasteiger partial charge is 0.264 e. The summed E-state index contributed by atoms with van der Waals surface area (Å²) < 4.78 is 33.0. The predicted octanol–water partition coefficient (Wildman–Crippen LogP) is 4.53. The summed E-state index contributed by atoms with van der Waals surface area (Å²) in [5.74, 6) is 0.348. The third-order valence-electron chi connectivity index (χ3n) is 3.85. The second-order valence-electron chi connectivity index (χ2n) is 5.62. The zero-order valence-electron chi connectivity index (χ0n) is 13.9. The van der Waals surface area contributed by atoms with Gasteiger partial charge >= 0.3 is 0 Å². The molecule has 2 aromatic carbocycles. The topological polar surface area (TPSA) is 67.6 Å². The number of carbonyl (C=O) groups is 1. The Balaban J connectivity index is 2.07. The number of halogens is 1. The predicted molar refractivity (Wildman–Crippen MR) is 100.0 cm³/mol. The van der Waals surface area contributed by atoms with Crippen molar-refractivity contribution in [2.45, 2.75) is 18.4 Å². The molecule has 0 radical (unpaired) electrons. The molecule has 3 aromatic rings. The fraction of sp³-hybridized carbons (Fsp3) is 0.105. The van der Waals surface area contributed by atoms with E-state index in [4.69, 9.17) is 16.0 Å². The van der Waals surface area contributed by atoms with Crippen LogP contribution in [0.5, 0.6) is 0 Å². The molecule has 0 aliphatic heterocycles. The third kappa shape index (κ3) is 3.66. The molecule has 1 aromatic heterocycles. The number of nitrogens with zero attached hydrogens (tertiary/aromatic N) is 1. The summed E-state index contributed by atoms with van der Waals surface area (Å²) in [5, 5.41) is 0.308. The van der Waals surface area contributed by atoms with Crippen molar-refractivity contribution < 1.29 is 17.6 Å². The van der Waals surface area contributed by atoms with Crippen LogP contribution in [0.25, 0.3) is 0 Å². The minimum Gasteiger partial charge on any atom is -0.467 e. The molecule has 0 atom stereocenters. The van der Waals surface area contributed by atoms with Crippen molar-refractivity contribution in [3.05, 3.63) is 83.3 Å². The second-order valence-corrected chi connectivity index (χ2v) is 7.89. The summed E-state index contributed by atoms with van der Waals surface area (Å²) >= 11 is 6.24. The Hall–Kier alpha value is -2.57. The van der Waals surface area contributed by atoms with E-state index in [2.05, 4.69) is 0 Å². The molecule has 0 amide bonds. The molecule has 0 saturated carbocycles. The van der Waals surface area contributed by atoms with Gasteiger partial charge in [0.05, 0.1) is 28.4 Å². The van der Waals surface area contributed by atoms with Gasteiger partial charge < -0.3 is 4.42 Å². The number of sulfonamides is 1. The minimum absolute atomic E-state index is 0.00642. The van der Waals surface area contributed by atoms with Gasteiger partial charge in [-0.2, -0.15) is 0 Å². The summed E-state index contributed by atoms with van der Waals surface area (Å²) in [4.78, 5) is 11.5. The van der Waals surface area contributed by atoms with Crippen LogP contribution in [0.4, 0.5) is 5.69 Å². The highest BCUT2D eigenvalue weighted by atomic mass is 35.5. The Labute approximate surface area is 156 Å². The molecule has 0 bridgehead atoms. The molecule has 5 nitrogen and oxygen atoms in total. The molecule has 7 heteroatoms. The van der Waals surface area contributed by atoms with Gasteiger partial charge in [-0.25, -0.2) is 8.42 Å². The first kappa shape index (κ1) is 18.2. The highest BCUT2D eigenvalue weighted by Crippen LogP contribution is 2.32. The number of rotatable bonds is 6. The van der Waals surface area contributed by atoms with Crippen LogP contribution in [0.1, 0.15) is 23.0 Å². The SMILES string of the molecule is CC(=O)c1ccc(S(=O)(=O)N(Cc2ccco2)c2ccccc2Cl)cc1. The van der Waals surface area contributed by atoms with E-state index in [0.29, 0.717) is 22.0 Å². The zero-order chi connectivity index (χ0) is 18.7. The molecular weight excluding hydrogens is 374 g/mol. The van der Waals surface area contributed by atoms with E-state index >= 15 is 0 Å². The lowest BCUT2D eigenvalue weighted by Gasteiger charge is -2.24. The van der Waals surface area contributed by atoms with Gasteiger partial charge in [-0.15, -0.1) is 0 Å². The standard InChI is InChI=1S/C19H16ClNO4S/c1-14(22)15-8-10-17(11-9-15)26(23,24)21(13-16-5-4-12-25-16)19-7-3-2-6-18(19)20/h2-12H,13H2,1H3. The molecule has 1 heterocycles. The lowest BCUT2D eigenvalue weighted by Crippen LogP contribution is -2.30. The molecule has 0 unspecified atom stereocenters. The van der Waals surface area contributed by atoms with E-state index in [1.807, 2.05) is 0 Å². The Bertz CT molecular complexity index is 1010. The van der Waals surface area contributed by atoms with E-state index in [1.165, 1.54) is 41.8 Å². The van der Waals surface area contributed by atoms with E-state index < -0.39 is 10.0 Å². The maximum absolute atomic E-state index is 13.2. The van der Waals surface area contributed by atoms with Gasteiger partial charge in [0, 0.05) is 5.56 Å². The summed E-state index contributed by atoms with van der Waals surface area (Å²) in [5.41, 5.74) is 0.792. The lowest BCUT2D eigenvalue weighted by atomic mass is 10.2. The number of hydrogen-bond donors (Lipinski definition) is 0. The van der Waals surface area contributed by atoms with Crippen LogP contribution in [0.2, 0.25) is 5.02 Å². The first-order chi connectivity index (χ1) is 12.4. The van der Waals surface area contributed by atoms with Gasteiger partial charge in [-0.3, -0.25) is 9.10 Å². The lowest BCUT2D eigenvalue weighted by molar-refractivity contribution is 0.101. The van der Waals surface area contributed by atoms with Crippen molar-refractivity contribution in [2.75, 3.05) is 4.31 Å². The number of ketones is 1. The van der Waals surface area contributed by atoms with Crippen molar-refractivity contribution in [2.24, 2.45) is 0 Å². The summed E-state index contributed by atoms with van der Waals surface area (Å²) in [7, 11) is -3.92. The van der Waals surface area contributed by atoms with Gasteiger partial charge in [-0.1, -0.05) is 35.9 Å². The molecule has 0 spiro atoms. The van der Waals surface area contributed by atoms with Gasteiger partial charge in [0.2, 0.25) is 0 Å². The van der Waals surface area contributed by atoms with E-state index in [9.17, 15) is 13.2 Å².